The Morgan fingerprint density at radius 3 is 2.42 bits per heavy atom. The molecule has 0 unspecified atom stereocenters. The Labute approximate surface area is 198 Å². The van der Waals surface area contributed by atoms with Gasteiger partial charge in [0.2, 0.25) is 0 Å². The average molecular weight is 455 g/mol. The molecule has 1 aliphatic heterocycles. The molecule has 0 aromatic heterocycles. The van der Waals surface area contributed by atoms with Gasteiger partial charge in [0.1, 0.15) is 0 Å². The smallest absolute Gasteiger partial charge is 0.338 e. The van der Waals surface area contributed by atoms with Crippen molar-refractivity contribution in [2.24, 2.45) is 5.16 Å². The Bertz CT molecular complexity index is 905. The Hall–Kier alpha value is -2.89. The lowest BCUT2D eigenvalue weighted by Crippen LogP contribution is -2.43. The number of hydrogen-bond donors (Lipinski definition) is 0. The molecule has 0 saturated carbocycles. The summed E-state index contributed by atoms with van der Waals surface area (Å²) in [7, 11) is 0. The van der Waals surface area contributed by atoms with Crippen LogP contribution >= 0.6 is 0 Å². The number of benzene rings is 1. The summed E-state index contributed by atoms with van der Waals surface area (Å²) in [6, 6.07) is 4.14. The zero-order valence-corrected chi connectivity index (χ0v) is 20.9. The fourth-order valence-electron chi connectivity index (χ4n) is 4.16. The van der Waals surface area contributed by atoms with E-state index < -0.39 is 0 Å². The molecule has 1 aromatic carbocycles. The largest absolute Gasteiger partial charge is 0.462 e. The van der Waals surface area contributed by atoms with Crippen LogP contribution in [0.2, 0.25) is 0 Å². The van der Waals surface area contributed by atoms with E-state index in [0.717, 1.165) is 29.5 Å². The molecule has 0 bridgehead atoms. The molecular weight excluding hydrogens is 416 g/mol. The van der Waals surface area contributed by atoms with Crippen LogP contribution in [0.4, 0.5) is 0 Å². The number of ether oxygens (including phenoxy) is 1. The molecule has 1 aromatic rings. The minimum Gasteiger partial charge on any atom is -0.462 e. The van der Waals surface area contributed by atoms with E-state index in [2.05, 4.69) is 17.3 Å². The van der Waals surface area contributed by atoms with Crippen molar-refractivity contribution in [1.29, 1.82) is 0 Å². The zero-order chi connectivity index (χ0) is 24.4. The number of fused-ring (bicyclic) bond motifs is 1. The third-order valence-corrected chi connectivity index (χ3v) is 5.40. The van der Waals surface area contributed by atoms with E-state index in [1.165, 1.54) is 0 Å². The van der Waals surface area contributed by atoms with Gasteiger partial charge in [0.25, 0.3) is 5.91 Å². The third-order valence-electron chi connectivity index (χ3n) is 5.40. The second kappa shape index (κ2) is 13.0. The van der Waals surface area contributed by atoms with Crippen LogP contribution in [-0.4, -0.2) is 47.8 Å². The van der Waals surface area contributed by atoms with Crippen LogP contribution in [0.3, 0.4) is 0 Å². The number of oxime groups is 1. The van der Waals surface area contributed by atoms with Crippen molar-refractivity contribution in [2.75, 3.05) is 13.2 Å². The van der Waals surface area contributed by atoms with Crippen LogP contribution in [0.1, 0.15) is 74.0 Å². The van der Waals surface area contributed by atoms with Crippen LogP contribution in [0.5, 0.6) is 0 Å². The number of rotatable bonds is 5. The van der Waals surface area contributed by atoms with E-state index in [9.17, 15) is 9.59 Å². The number of carbonyl (C=O) groups is 2. The zero-order valence-electron chi connectivity index (χ0n) is 20.9. The summed E-state index contributed by atoms with van der Waals surface area (Å²) < 4.78 is 5.52. The van der Waals surface area contributed by atoms with E-state index in [0.29, 0.717) is 30.7 Å². The highest BCUT2D eigenvalue weighted by Crippen LogP contribution is 2.20. The molecule has 0 spiro atoms. The molecule has 1 heterocycles. The van der Waals surface area contributed by atoms with Gasteiger partial charge in [0, 0.05) is 18.5 Å². The highest BCUT2D eigenvalue weighted by molar-refractivity contribution is 6.00. The van der Waals surface area contributed by atoms with Gasteiger partial charge in [-0.15, -0.1) is 0 Å². The van der Waals surface area contributed by atoms with Crippen molar-refractivity contribution in [3.8, 4) is 0 Å². The van der Waals surface area contributed by atoms with Crippen molar-refractivity contribution < 1.29 is 19.2 Å². The molecule has 33 heavy (non-hydrogen) atoms. The topological polar surface area (TPSA) is 68.2 Å². The molecule has 0 saturated heterocycles. The molecule has 6 heteroatoms. The maximum atomic E-state index is 12.8. The molecule has 1 amide bonds. The maximum absolute atomic E-state index is 12.8. The fraction of sp³-hybridized carbons (Fsp3) is 0.519. The molecule has 0 atom stereocenters. The number of carbonyl (C=O) groups excluding carboxylic acids is 2. The van der Waals surface area contributed by atoms with Gasteiger partial charge in [-0.25, -0.2) is 4.79 Å². The van der Waals surface area contributed by atoms with Crippen molar-refractivity contribution in [3.05, 3.63) is 58.7 Å². The Morgan fingerprint density at radius 1 is 1.06 bits per heavy atom. The number of esters is 1. The Balaban J connectivity index is 2.31. The number of hydrogen-bond acceptors (Lipinski definition) is 5. The lowest BCUT2D eigenvalue weighted by atomic mass is 9.95. The number of amides is 1. The van der Waals surface area contributed by atoms with E-state index in [1.807, 2.05) is 65.8 Å². The predicted molar refractivity (Wildman–Crippen MR) is 133 cm³/mol. The first-order valence-corrected chi connectivity index (χ1v) is 11.8. The predicted octanol–water partition coefficient (Wildman–Crippen LogP) is 5.32. The van der Waals surface area contributed by atoms with E-state index in [-0.39, 0.29) is 30.6 Å². The Morgan fingerprint density at radius 2 is 1.73 bits per heavy atom. The molecule has 6 nitrogen and oxygen atoms in total. The summed E-state index contributed by atoms with van der Waals surface area (Å²) >= 11 is 0. The summed E-state index contributed by atoms with van der Waals surface area (Å²) in [6.45, 7) is 12.1. The molecule has 2 rings (SSSR count). The fourth-order valence-corrected chi connectivity index (χ4v) is 4.16. The minimum absolute atomic E-state index is 0.0832. The number of cyclic esters (lactones) is 1. The van der Waals surface area contributed by atoms with Gasteiger partial charge < -0.3 is 14.5 Å². The second-order valence-corrected chi connectivity index (χ2v) is 9.01. The van der Waals surface area contributed by atoms with Crippen molar-refractivity contribution >= 4 is 17.6 Å². The van der Waals surface area contributed by atoms with E-state index >= 15 is 0 Å². The van der Waals surface area contributed by atoms with E-state index in [4.69, 9.17) is 9.57 Å². The SMILES string of the molecule is Cc1cc(C)c2c(c1)C/C(=N/OCC(=O)N(C(C)C)C(C)C)C=CCC/C=C/CCOC2=O. The molecular formula is C27H38N2O4. The van der Waals surface area contributed by atoms with Crippen LogP contribution in [0.15, 0.2) is 41.6 Å². The lowest BCUT2D eigenvalue weighted by molar-refractivity contribution is -0.139. The third kappa shape index (κ3) is 8.19. The highest BCUT2D eigenvalue weighted by atomic mass is 16.6. The molecule has 0 aliphatic carbocycles. The number of aryl methyl sites for hydroxylation is 2. The first-order chi connectivity index (χ1) is 15.7. The van der Waals surface area contributed by atoms with Crippen LogP contribution in [-0.2, 0) is 20.8 Å². The first kappa shape index (κ1) is 26.4. The quantitative estimate of drug-likeness (QED) is 0.343. The molecule has 180 valence electrons. The summed E-state index contributed by atoms with van der Waals surface area (Å²) in [5.41, 5.74) is 4.01. The lowest BCUT2D eigenvalue weighted by Gasteiger charge is -2.30. The van der Waals surface area contributed by atoms with Gasteiger partial charge in [-0.3, -0.25) is 4.79 Å². The van der Waals surface area contributed by atoms with Crippen LogP contribution < -0.4 is 0 Å². The standard InChI is InChI=1S/C27H38N2O4/c1-19(2)29(20(3)4)25(30)18-33-28-24-13-11-9-7-8-10-12-14-32-27(31)26-22(6)15-21(5)16-23(26)17-24/h8,10-11,13,15-16,19-20H,7,9,12,14,17-18H2,1-6H3/b10-8+,13-11?,28-24+. The summed E-state index contributed by atoms with van der Waals surface area (Å²) in [5.74, 6) is -0.424. The van der Waals surface area contributed by atoms with Gasteiger partial charge in [-0.05, 0) is 78.0 Å². The van der Waals surface area contributed by atoms with Gasteiger partial charge >= 0.3 is 5.97 Å². The summed E-state index contributed by atoms with van der Waals surface area (Å²) in [5, 5.41) is 4.29. The van der Waals surface area contributed by atoms with Crippen molar-refractivity contribution in [2.45, 2.75) is 79.3 Å². The molecule has 1 aliphatic rings. The monoisotopic (exact) mass is 454 g/mol. The summed E-state index contributed by atoms with van der Waals surface area (Å²) in [4.78, 5) is 32.7. The van der Waals surface area contributed by atoms with Gasteiger partial charge in [-0.1, -0.05) is 41.1 Å². The second-order valence-electron chi connectivity index (χ2n) is 9.01. The van der Waals surface area contributed by atoms with Crippen LogP contribution in [0, 0.1) is 13.8 Å². The van der Waals surface area contributed by atoms with Crippen molar-refractivity contribution in [3.63, 3.8) is 0 Å². The maximum Gasteiger partial charge on any atom is 0.338 e. The van der Waals surface area contributed by atoms with Gasteiger partial charge in [0.05, 0.1) is 17.9 Å². The van der Waals surface area contributed by atoms with E-state index in [1.54, 1.807) is 4.90 Å². The van der Waals surface area contributed by atoms with Gasteiger partial charge in [-0.2, -0.15) is 0 Å². The molecule has 0 radical (unpaired) electrons. The highest BCUT2D eigenvalue weighted by Gasteiger charge is 2.21. The first-order valence-electron chi connectivity index (χ1n) is 11.8. The summed E-state index contributed by atoms with van der Waals surface area (Å²) in [6.07, 6.45) is 11.0. The minimum atomic E-state index is -0.322. The van der Waals surface area contributed by atoms with Crippen LogP contribution in [0.25, 0.3) is 0 Å². The van der Waals surface area contributed by atoms with Crippen molar-refractivity contribution in [1.82, 2.24) is 4.90 Å². The van der Waals surface area contributed by atoms with Gasteiger partial charge in [0.15, 0.2) is 6.61 Å². The molecule has 0 fully saturated rings. The number of allylic oxidation sites excluding steroid dienone is 3. The normalized spacial score (nSPS) is 17.5. The molecule has 0 N–H and O–H groups in total. The number of nitrogens with zero attached hydrogens (tertiary/aromatic N) is 2. The average Bonchev–Trinajstić information content (AvgIpc) is 2.70. The Kier molecular flexibility index (Phi) is 10.4.